The van der Waals surface area contributed by atoms with E-state index < -0.39 is 5.41 Å². The molecule has 2 amide bonds. The van der Waals surface area contributed by atoms with Gasteiger partial charge in [0.2, 0.25) is 11.8 Å². The van der Waals surface area contributed by atoms with E-state index in [4.69, 9.17) is 0 Å². The SMILES string of the molecule is C=CC(C)(C)C(=O)N1CCC(NC(C)=O)(c2ccccc2)CC1. The fourth-order valence-corrected chi connectivity index (χ4v) is 3.17. The van der Waals surface area contributed by atoms with Crippen LogP contribution in [0.1, 0.15) is 39.2 Å². The van der Waals surface area contributed by atoms with Gasteiger partial charge in [-0.05, 0) is 32.3 Å². The molecule has 1 heterocycles. The van der Waals surface area contributed by atoms with Gasteiger partial charge in [0.05, 0.1) is 11.0 Å². The summed E-state index contributed by atoms with van der Waals surface area (Å²) in [7, 11) is 0. The van der Waals surface area contributed by atoms with Crippen LogP contribution in [0.25, 0.3) is 0 Å². The van der Waals surface area contributed by atoms with E-state index in [0.717, 1.165) is 18.4 Å². The van der Waals surface area contributed by atoms with Crippen LogP contribution in [0.5, 0.6) is 0 Å². The van der Waals surface area contributed by atoms with E-state index >= 15 is 0 Å². The predicted octanol–water partition coefficient (Wildman–Crippen LogP) is 2.85. The van der Waals surface area contributed by atoms with Crippen molar-refractivity contribution in [3.05, 3.63) is 48.6 Å². The van der Waals surface area contributed by atoms with Crippen molar-refractivity contribution in [2.24, 2.45) is 5.41 Å². The van der Waals surface area contributed by atoms with Crippen LogP contribution < -0.4 is 5.32 Å². The predicted molar refractivity (Wildman–Crippen MR) is 91.7 cm³/mol. The summed E-state index contributed by atoms with van der Waals surface area (Å²) in [5, 5.41) is 3.13. The van der Waals surface area contributed by atoms with Crippen LogP contribution in [-0.2, 0) is 15.1 Å². The van der Waals surface area contributed by atoms with Crippen LogP contribution in [0.15, 0.2) is 43.0 Å². The minimum atomic E-state index is -0.555. The molecule has 1 saturated heterocycles. The average molecular weight is 314 g/mol. The summed E-state index contributed by atoms with van der Waals surface area (Å²) in [6.45, 7) is 10.3. The van der Waals surface area contributed by atoms with Crippen molar-refractivity contribution < 1.29 is 9.59 Å². The Balaban J connectivity index is 2.19. The zero-order valence-electron chi connectivity index (χ0n) is 14.3. The molecule has 23 heavy (non-hydrogen) atoms. The summed E-state index contributed by atoms with van der Waals surface area (Å²) in [4.78, 5) is 26.2. The molecular weight excluding hydrogens is 288 g/mol. The molecule has 0 radical (unpaired) electrons. The minimum absolute atomic E-state index is 0.0416. The van der Waals surface area contributed by atoms with Crippen LogP contribution in [0.2, 0.25) is 0 Å². The Labute approximate surface area is 138 Å². The summed E-state index contributed by atoms with van der Waals surface area (Å²) < 4.78 is 0. The number of rotatable bonds is 4. The van der Waals surface area contributed by atoms with Crippen molar-refractivity contribution in [3.8, 4) is 0 Å². The first-order valence-corrected chi connectivity index (χ1v) is 8.08. The van der Waals surface area contributed by atoms with Gasteiger partial charge in [-0.15, -0.1) is 6.58 Å². The number of nitrogens with one attached hydrogen (secondary N) is 1. The number of nitrogens with zero attached hydrogens (tertiary/aromatic N) is 1. The van der Waals surface area contributed by atoms with Gasteiger partial charge in [-0.2, -0.15) is 0 Å². The third-order valence-corrected chi connectivity index (χ3v) is 4.71. The van der Waals surface area contributed by atoms with Crippen LogP contribution in [0.3, 0.4) is 0 Å². The Bertz CT molecular complexity index is 585. The smallest absolute Gasteiger partial charge is 0.232 e. The summed E-state index contributed by atoms with van der Waals surface area (Å²) >= 11 is 0. The van der Waals surface area contributed by atoms with Crippen molar-refractivity contribution in [1.29, 1.82) is 0 Å². The molecule has 0 unspecified atom stereocenters. The topological polar surface area (TPSA) is 49.4 Å². The van der Waals surface area contributed by atoms with Gasteiger partial charge >= 0.3 is 0 Å². The van der Waals surface area contributed by atoms with Gasteiger partial charge in [-0.25, -0.2) is 0 Å². The number of amides is 2. The third kappa shape index (κ3) is 3.63. The van der Waals surface area contributed by atoms with Gasteiger partial charge in [0.25, 0.3) is 0 Å². The second kappa shape index (κ2) is 6.57. The normalized spacial score (nSPS) is 17.4. The van der Waals surface area contributed by atoms with E-state index in [1.165, 1.54) is 0 Å². The van der Waals surface area contributed by atoms with E-state index in [9.17, 15) is 9.59 Å². The Hall–Kier alpha value is -2.10. The molecule has 0 aliphatic carbocycles. The lowest BCUT2D eigenvalue weighted by molar-refractivity contribution is -0.140. The van der Waals surface area contributed by atoms with E-state index in [0.29, 0.717) is 13.1 Å². The highest BCUT2D eigenvalue weighted by atomic mass is 16.2. The molecule has 1 aromatic rings. The van der Waals surface area contributed by atoms with Crippen molar-refractivity contribution in [2.45, 2.75) is 39.2 Å². The molecule has 0 atom stereocenters. The van der Waals surface area contributed by atoms with Crippen molar-refractivity contribution in [3.63, 3.8) is 0 Å². The number of hydrogen-bond donors (Lipinski definition) is 1. The summed E-state index contributed by atoms with van der Waals surface area (Å²) in [6, 6.07) is 10.0. The van der Waals surface area contributed by atoms with Gasteiger partial charge in [0, 0.05) is 20.0 Å². The van der Waals surface area contributed by atoms with E-state index in [1.807, 2.05) is 49.1 Å². The number of likely N-dealkylation sites (tertiary alicyclic amines) is 1. The molecule has 4 heteroatoms. The van der Waals surface area contributed by atoms with E-state index in [2.05, 4.69) is 11.9 Å². The third-order valence-electron chi connectivity index (χ3n) is 4.71. The molecule has 0 spiro atoms. The average Bonchev–Trinajstić information content (AvgIpc) is 2.55. The van der Waals surface area contributed by atoms with Crippen LogP contribution in [0, 0.1) is 5.41 Å². The first-order valence-electron chi connectivity index (χ1n) is 8.08. The summed E-state index contributed by atoms with van der Waals surface area (Å²) in [6.07, 6.45) is 3.13. The molecule has 124 valence electrons. The molecule has 1 fully saturated rings. The molecule has 1 N–H and O–H groups in total. The fraction of sp³-hybridized carbons (Fsp3) is 0.474. The molecule has 0 aromatic heterocycles. The van der Waals surface area contributed by atoms with Gasteiger partial charge < -0.3 is 10.2 Å². The van der Waals surface area contributed by atoms with Crippen LogP contribution in [0.4, 0.5) is 0 Å². The standard InChI is InChI=1S/C19H26N2O2/c1-5-18(3,4)17(23)21-13-11-19(12-14-21,20-15(2)22)16-9-7-6-8-10-16/h5-10H,1,11-14H2,2-4H3,(H,20,22). The van der Waals surface area contributed by atoms with Crippen LogP contribution >= 0.6 is 0 Å². The fourth-order valence-electron chi connectivity index (χ4n) is 3.17. The minimum Gasteiger partial charge on any atom is -0.347 e. The maximum atomic E-state index is 12.6. The highest BCUT2D eigenvalue weighted by Crippen LogP contribution is 2.34. The Kier molecular flexibility index (Phi) is 4.93. The van der Waals surface area contributed by atoms with E-state index in [-0.39, 0.29) is 17.4 Å². The molecule has 0 saturated carbocycles. The monoisotopic (exact) mass is 314 g/mol. The van der Waals surface area contributed by atoms with Crippen molar-refractivity contribution in [2.75, 3.05) is 13.1 Å². The number of benzene rings is 1. The molecule has 1 aliphatic heterocycles. The highest BCUT2D eigenvalue weighted by Gasteiger charge is 2.40. The molecule has 2 rings (SSSR count). The zero-order valence-corrected chi connectivity index (χ0v) is 14.3. The van der Waals surface area contributed by atoms with Crippen molar-refractivity contribution >= 4 is 11.8 Å². The Morgan fingerprint density at radius 3 is 2.26 bits per heavy atom. The van der Waals surface area contributed by atoms with Gasteiger partial charge in [-0.1, -0.05) is 36.4 Å². The van der Waals surface area contributed by atoms with Crippen molar-refractivity contribution in [1.82, 2.24) is 10.2 Å². The van der Waals surface area contributed by atoms with E-state index in [1.54, 1.807) is 13.0 Å². The lowest BCUT2D eigenvalue weighted by Gasteiger charge is -2.44. The summed E-state index contributed by atoms with van der Waals surface area (Å²) in [5.41, 5.74) is 0.161. The number of hydrogen-bond acceptors (Lipinski definition) is 2. The second-order valence-corrected chi connectivity index (χ2v) is 6.85. The first-order chi connectivity index (χ1) is 10.8. The maximum Gasteiger partial charge on any atom is 0.232 e. The lowest BCUT2D eigenvalue weighted by Crippen LogP contribution is -2.55. The number of piperidine rings is 1. The quantitative estimate of drug-likeness (QED) is 0.869. The van der Waals surface area contributed by atoms with Gasteiger partial charge in [0.15, 0.2) is 0 Å². The largest absolute Gasteiger partial charge is 0.347 e. The molecule has 1 aromatic carbocycles. The molecular formula is C19H26N2O2. The van der Waals surface area contributed by atoms with Gasteiger partial charge in [0.1, 0.15) is 0 Å². The van der Waals surface area contributed by atoms with Crippen LogP contribution in [-0.4, -0.2) is 29.8 Å². The second-order valence-electron chi connectivity index (χ2n) is 6.85. The molecule has 1 aliphatic rings. The molecule has 4 nitrogen and oxygen atoms in total. The molecule has 0 bridgehead atoms. The number of carbonyl (C=O) groups excluding carboxylic acids is 2. The maximum absolute atomic E-state index is 12.6. The first kappa shape index (κ1) is 17.3. The van der Waals surface area contributed by atoms with Gasteiger partial charge in [-0.3, -0.25) is 9.59 Å². The Morgan fingerprint density at radius 1 is 1.22 bits per heavy atom. The lowest BCUT2D eigenvalue weighted by atomic mass is 9.80. The Morgan fingerprint density at radius 2 is 1.78 bits per heavy atom. The summed E-state index contributed by atoms with van der Waals surface area (Å²) in [5.74, 6) is 0.0528. The zero-order chi connectivity index (χ0) is 17.1. The number of carbonyl (C=O) groups is 2. The highest BCUT2D eigenvalue weighted by molar-refractivity contribution is 5.84.